The smallest absolute Gasteiger partial charge is 0.415 e. The highest BCUT2D eigenvalue weighted by Crippen LogP contribution is 2.41. The van der Waals surface area contributed by atoms with Gasteiger partial charge in [0.15, 0.2) is 11.4 Å². The number of carbonyl (C=O) groups is 2. The summed E-state index contributed by atoms with van der Waals surface area (Å²) in [4.78, 5) is 45.1. The van der Waals surface area contributed by atoms with Gasteiger partial charge in [-0.05, 0) is 72.4 Å². The van der Waals surface area contributed by atoms with Crippen molar-refractivity contribution in [3.05, 3.63) is 46.5 Å². The molecule has 0 bridgehead atoms. The van der Waals surface area contributed by atoms with E-state index in [-0.39, 0.29) is 46.8 Å². The fourth-order valence-corrected chi connectivity index (χ4v) is 4.44. The molecule has 0 aromatic carbocycles. The van der Waals surface area contributed by atoms with Crippen LogP contribution in [0.25, 0.3) is 5.65 Å². The summed E-state index contributed by atoms with van der Waals surface area (Å²) in [6, 6.07) is 4.93. The number of pyridine rings is 1. The molecule has 3 heterocycles. The first-order chi connectivity index (χ1) is 17.7. The summed E-state index contributed by atoms with van der Waals surface area (Å²) in [7, 11) is 1.54. The Balaban J connectivity index is 1.79. The van der Waals surface area contributed by atoms with E-state index >= 15 is 0 Å². The minimum Gasteiger partial charge on any atom is -0.443 e. The van der Waals surface area contributed by atoms with Crippen LogP contribution < -0.4 is 15.8 Å². The molecule has 1 amide bonds. The summed E-state index contributed by atoms with van der Waals surface area (Å²) in [5.74, 6) is 0.199. The van der Waals surface area contributed by atoms with E-state index < -0.39 is 17.3 Å². The number of fused-ring (bicyclic) bond motifs is 1. The number of aromatic nitrogens is 4. The third-order valence-corrected chi connectivity index (χ3v) is 6.87. The normalized spacial score (nSPS) is 19.3. The van der Waals surface area contributed by atoms with E-state index in [9.17, 15) is 19.5 Å². The maximum absolute atomic E-state index is 13.3. The highest BCUT2D eigenvalue weighted by molar-refractivity contribution is 6.02. The fraction of sp³-hybridized carbons (Fsp3) is 0.519. The first kappa shape index (κ1) is 27.3. The maximum atomic E-state index is 13.3. The van der Waals surface area contributed by atoms with Crippen LogP contribution in [0.2, 0.25) is 0 Å². The summed E-state index contributed by atoms with van der Waals surface area (Å²) in [5, 5.41) is 17.8. The summed E-state index contributed by atoms with van der Waals surface area (Å²) in [6.45, 7) is 10.9. The molecule has 4 rings (SSSR count). The number of amides is 1. The van der Waals surface area contributed by atoms with E-state index in [4.69, 9.17) is 4.74 Å². The van der Waals surface area contributed by atoms with E-state index in [0.29, 0.717) is 17.9 Å². The molecule has 1 aliphatic carbocycles. The van der Waals surface area contributed by atoms with Crippen molar-refractivity contribution in [3.8, 4) is 0 Å². The molecule has 11 heteroatoms. The van der Waals surface area contributed by atoms with Crippen LogP contribution in [-0.2, 0) is 4.74 Å². The number of Topliss-reactive ketones (excluding diaryl/α,β-unsaturated/α-hetero) is 1. The van der Waals surface area contributed by atoms with Gasteiger partial charge in [0.25, 0.3) is 5.56 Å². The quantitative estimate of drug-likeness (QED) is 0.437. The molecule has 1 unspecified atom stereocenters. The van der Waals surface area contributed by atoms with Crippen molar-refractivity contribution in [1.29, 1.82) is 0 Å². The van der Waals surface area contributed by atoms with Gasteiger partial charge in [-0.3, -0.25) is 14.5 Å². The van der Waals surface area contributed by atoms with Gasteiger partial charge in [0.05, 0.1) is 17.4 Å². The predicted molar refractivity (Wildman–Crippen MR) is 144 cm³/mol. The van der Waals surface area contributed by atoms with Gasteiger partial charge in [-0.15, -0.1) is 0 Å². The lowest BCUT2D eigenvalue weighted by atomic mass is 9.68. The number of carbonyl (C=O) groups excluding carboxylic acids is 2. The number of ether oxygens (including phenoxy) is 1. The van der Waals surface area contributed by atoms with Gasteiger partial charge in [0.2, 0.25) is 0 Å². The van der Waals surface area contributed by atoms with Crippen molar-refractivity contribution >= 4 is 34.8 Å². The monoisotopic (exact) mass is 524 g/mol. The van der Waals surface area contributed by atoms with Gasteiger partial charge in [-0.25, -0.2) is 9.78 Å². The number of nitrogens with one attached hydrogen (secondary N) is 1. The average Bonchev–Trinajstić information content (AvgIpc) is 3.25. The predicted octanol–water partition coefficient (Wildman–Crippen LogP) is 4.32. The van der Waals surface area contributed by atoms with Crippen molar-refractivity contribution < 1.29 is 19.4 Å². The summed E-state index contributed by atoms with van der Waals surface area (Å²) in [5.41, 5.74) is -1.04. The molecule has 11 nitrogen and oxygen atoms in total. The van der Waals surface area contributed by atoms with Gasteiger partial charge in [0.1, 0.15) is 22.9 Å². The zero-order chi connectivity index (χ0) is 28.0. The van der Waals surface area contributed by atoms with Crippen molar-refractivity contribution in [3.63, 3.8) is 0 Å². The molecule has 1 fully saturated rings. The second-order valence-corrected chi connectivity index (χ2v) is 11.4. The minimum atomic E-state index is -0.871. The maximum Gasteiger partial charge on any atom is 0.415 e. The van der Waals surface area contributed by atoms with Gasteiger partial charge in [-0.1, -0.05) is 0 Å². The van der Waals surface area contributed by atoms with Crippen LogP contribution >= 0.6 is 0 Å². The SMILES string of the molecule is CC(C)n1cccc(Nc2cc(N(C)C(=O)OC(C)(C)C)n3ncc(C(=O)CC4CC[C@@]4(C)O)c3n2)c1=O. The lowest BCUT2D eigenvalue weighted by Gasteiger charge is -2.42. The molecule has 1 saturated carbocycles. The van der Waals surface area contributed by atoms with Crippen LogP contribution in [0.1, 0.15) is 77.2 Å². The van der Waals surface area contributed by atoms with Gasteiger partial charge in [-0.2, -0.15) is 9.61 Å². The summed E-state index contributed by atoms with van der Waals surface area (Å²) in [6.07, 6.45) is 4.08. The highest BCUT2D eigenvalue weighted by Gasteiger charge is 2.42. The highest BCUT2D eigenvalue weighted by atomic mass is 16.6. The first-order valence-electron chi connectivity index (χ1n) is 12.8. The third-order valence-electron chi connectivity index (χ3n) is 6.87. The number of hydrogen-bond acceptors (Lipinski definition) is 8. The molecule has 3 aromatic rings. The first-order valence-corrected chi connectivity index (χ1v) is 12.8. The van der Waals surface area contributed by atoms with E-state index in [0.717, 1.165) is 6.42 Å². The van der Waals surface area contributed by atoms with Crippen molar-refractivity contribution in [2.75, 3.05) is 17.3 Å². The second-order valence-electron chi connectivity index (χ2n) is 11.4. The third kappa shape index (κ3) is 5.42. The lowest BCUT2D eigenvalue weighted by molar-refractivity contribution is -0.0773. The topological polar surface area (TPSA) is 131 Å². The summed E-state index contributed by atoms with van der Waals surface area (Å²) < 4.78 is 8.52. The zero-order valence-corrected chi connectivity index (χ0v) is 23.0. The Kier molecular flexibility index (Phi) is 7.09. The number of aliphatic hydroxyl groups is 1. The fourth-order valence-electron chi connectivity index (χ4n) is 4.44. The zero-order valence-electron chi connectivity index (χ0n) is 23.0. The second kappa shape index (κ2) is 9.86. The lowest BCUT2D eigenvalue weighted by Crippen LogP contribution is -2.45. The Morgan fingerprint density at radius 3 is 2.63 bits per heavy atom. The molecule has 0 spiro atoms. The number of rotatable bonds is 7. The van der Waals surface area contributed by atoms with Crippen LogP contribution in [0.5, 0.6) is 0 Å². The standard InChI is InChI=1S/C27H36N6O5/c1-16(2)32-12-8-9-19(24(32)35)29-21-14-22(31(7)25(36)38-26(3,4)5)33-23(30-21)18(15-28-33)20(34)13-17-10-11-27(17,6)37/h8-9,12,14-17,37H,10-11,13H2,1-7H3,(H,29,30)/t17?,27-/m1/s1. The Labute approximate surface area is 221 Å². The number of hydrogen-bond donors (Lipinski definition) is 2. The Morgan fingerprint density at radius 2 is 2.05 bits per heavy atom. The van der Waals surface area contributed by atoms with E-state index in [1.807, 2.05) is 13.8 Å². The molecular formula is C27H36N6O5. The van der Waals surface area contributed by atoms with Crippen LogP contribution in [-0.4, -0.2) is 54.4 Å². The molecule has 0 saturated heterocycles. The minimum absolute atomic E-state index is 0.0451. The van der Waals surface area contributed by atoms with Gasteiger partial charge >= 0.3 is 6.09 Å². The molecule has 204 valence electrons. The molecule has 0 aliphatic heterocycles. The molecular weight excluding hydrogens is 488 g/mol. The van der Waals surface area contributed by atoms with Crippen LogP contribution in [0.3, 0.4) is 0 Å². The van der Waals surface area contributed by atoms with Crippen molar-refractivity contribution in [2.45, 2.75) is 78.0 Å². The van der Waals surface area contributed by atoms with Crippen LogP contribution in [0.15, 0.2) is 35.4 Å². The van der Waals surface area contributed by atoms with Crippen molar-refractivity contribution in [1.82, 2.24) is 19.2 Å². The summed E-state index contributed by atoms with van der Waals surface area (Å²) >= 11 is 0. The molecule has 0 radical (unpaired) electrons. The van der Waals surface area contributed by atoms with E-state index in [2.05, 4.69) is 15.4 Å². The van der Waals surface area contributed by atoms with Crippen LogP contribution in [0, 0.1) is 5.92 Å². The molecule has 38 heavy (non-hydrogen) atoms. The molecule has 1 aliphatic rings. The number of ketones is 1. The van der Waals surface area contributed by atoms with E-state index in [1.165, 1.54) is 22.7 Å². The Hall–Kier alpha value is -3.73. The average molecular weight is 525 g/mol. The largest absolute Gasteiger partial charge is 0.443 e. The molecule has 3 aromatic heterocycles. The van der Waals surface area contributed by atoms with Gasteiger partial charge < -0.3 is 19.7 Å². The van der Waals surface area contributed by atoms with E-state index in [1.54, 1.807) is 56.7 Å². The number of nitrogens with zero attached hydrogens (tertiary/aromatic N) is 5. The van der Waals surface area contributed by atoms with Gasteiger partial charge in [0, 0.05) is 31.8 Å². The van der Waals surface area contributed by atoms with Crippen LogP contribution in [0.4, 0.5) is 22.1 Å². The Morgan fingerprint density at radius 1 is 1.34 bits per heavy atom. The molecule has 2 atom stereocenters. The van der Waals surface area contributed by atoms with Crippen molar-refractivity contribution in [2.24, 2.45) is 5.92 Å². The number of anilines is 3. The molecule has 2 N–H and O–H groups in total. The Bertz CT molecular complexity index is 1430.